The zero-order valence-corrected chi connectivity index (χ0v) is 12.0. The van der Waals surface area contributed by atoms with Crippen molar-refractivity contribution in [3.8, 4) is 0 Å². The Morgan fingerprint density at radius 2 is 2.10 bits per heavy atom. The fourth-order valence-corrected chi connectivity index (χ4v) is 3.15. The number of aryl methyl sites for hydroxylation is 1. The van der Waals surface area contributed by atoms with Gasteiger partial charge in [-0.15, -0.1) is 5.10 Å². The fourth-order valence-electron chi connectivity index (χ4n) is 3.15. The Morgan fingerprint density at radius 1 is 1.29 bits per heavy atom. The van der Waals surface area contributed by atoms with Crippen LogP contribution in [-0.2, 0) is 6.42 Å². The van der Waals surface area contributed by atoms with Gasteiger partial charge in [0.2, 0.25) is 5.82 Å². The molecule has 5 heteroatoms. The lowest BCUT2D eigenvalue weighted by Crippen LogP contribution is -2.31. The second-order valence-corrected chi connectivity index (χ2v) is 5.99. The molecular formula is C16H18N4O. The minimum atomic E-state index is -0.0974. The van der Waals surface area contributed by atoms with E-state index in [1.54, 1.807) is 4.90 Å². The third-order valence-electron chi connectivity index (χ3n) is 4.55. The molecule has 1 N–H and O–H groups in total. The van der Waals surface area contributed by atoms with Crippen LogP contribution in [0.3, 0.4) is 0 Å². The van der Waals surface area contributed by atoms with Gasteiger partial charge in [0.05, 0.1) is 6.04 Å². The van der Waals surface area contributed by atoms with E-state index in [9.17, 15) is 4.79 Å². The highest BCUT2D eigenvalue weighted by Gasteiger charge is 2.32. The van der Waals surface area contributed by atoms with Crippen molar-refractivity contribution in [2.75, 3.05) is 7.05 Å². The third-order valence-corrected chi connectivity index (χ3v) is 4.55. The first-order valence-corrected chi connectivity index (χ1v) is 7.51. The summed E-state index contributed by atoms with van der Waals surface area (Å²) in [5.41, 5.74) is 2.60. The van der Waals surface area contributed by atoms with Crippen LogP contribution < -0.4 is 0 Å². The second-order valence-electron chi connectivity index (χ2n) is 5.99. The van der Waals surface area contributed by atoms with E-state index in [1.165, 1.54) is 11.1 Å². The molecule has 1 aromatic heterocycles. The largest absolute Gasteiger partial charge is 0.332 e. The average molecular weight is 282 g/mol. The molecule has 2 aliphatic rings. The predicted molar refractivity (Wildman–Crippen MR) is 78.0 cm³/mol. The van der Waals surface area contributed by atoms with E-state index in [-0.39, 0.29) is 11.9 Å². The molecule has 0 saturated heterocycles. The Bertz CT molecular complexity index is 689. The number of nitrogens with zero attached hydrogens (tertiary/aromatic N) is 3. The van der Waals surface area contributed by atoms with Crippen LogP contribution in [0.5, 0.6) is 0 Å². The fraction of sp³-hybridized carbons (Fsp3) is 0.438. The van der Waals surface area contributed by atoms with Gasteiger partial charge in [-0.1, -0.05) is 24.3 Å². The normalized spacial score (nSPS) is 20.3. The van der Waals surface area contributed by atoms with Crippen molar-refractivity contribution >= 4 is 5.91 Å². The van der Waals surface area contributed by atoms with Crippen molar-refractivity contribution in [1.29, 1.82) is 0 Å². The number of fused-ring (bicyclic) bond motifs is 1. The number of carbonyl (C=O) groups is 1. The lowest BCUT2D eigenvalue weighted by molar-refractivity contribution is 0.0718. The van der Waals surface area contributed by atoms with Gasteiger partial charge in [0, 0.05) is 13.0 Å². The van der Waals surface area contributed by atoms with E-state index in [0.29, 0.717) is 11.7 Å². The van der Waals surface area contributed by atoms with Crippen LogP contribution in [0.1, 0.15) is 58.8 Å². The van der Waals surface area contributed by atoms with Crippen LogP contribution >= 0.6 is 0 Å². The number of aromatic nitrogens is 3. The van der Waals surface area contributed by atoms with Crippen LogP contribution in [0.2, 0.25) is 0 Å². The van der Waals surface area contributed by atoms with Gasteiger partial charge in [-0.2, -0.15) is 0 Å². The van der Waals surface area contributed by atoms with Crippen molar-refractivity contribution in [1.82, 2.24) is 20.1 Å². The number of carbonyl (C=O) groups excluding carboxylic acids is 1. The number of aromatic amines is 1. The number of nitrogens with one attached hydrogen (secondary N) is 1. The maximum atomic E-state index is 12.6. The molecule has 1 fully saturated rings. The van der Waals surface area contributed by atoms with Crippen LogP contribution in [0, 0.1) is 0 Å². The first-order valence-electron chi connectivity index (χ1n) is 7.51. The van der Waals surface area contributed by atoms with Gasteiger partial charge < -0.3 is 4.90 Å². The lowest BCUT2D eigenvalue weighted by atomic mass is 10.1. The molecule has 0 radical (unpaired) electrons. The molecule has 4 rings (SSSR count). The number of H-pyrrole nitrogens is 1. The van der Waals surface area contributed by atoms with E-state index >= 15 is 0 Å². The van der Waals surface area contributed by atoms with Gasteiger partial charge in [0.1, 0.15) is 5.82 Å². The molecule has 0 bridgehead atoms. The van der Waals surface area contributed by atoms with E-state index in [0.717, 1.165) is 31.5 Å². The standard InChI is InChI=1S/C16H18N4O/c1-20(13-9-8-10-4-2-3-5-12(10)13)16(21)15-17-14(18-19-15)11-6-7-11/h2-5,11,13H,6-9H2,1H3,(H,17,18,19). The number of hydrogen-bond acceptors (Lipinski definition) is 3. The third kappa shape index (κ3) is 2.13. The number of rotatable bonds is 3. The Morgan fingerprint density at radius 3 is 2.90 bits per heavy atom. The lowest BCUT2D eigenvalue weighted by Gasteiger charge is -2.24. The van der Waals surface area contributed by atoms with Gasteiger partial charge in [-0.05, 0) is 36.8 Å². The molecule has 1 unspecified atom stereocenters. The van der Waals surface area contributed by atoms with E-state index in [4.69, 9.17) is 0 Å². The number of amides is 1. The average Bonchev–Trinajstić information content (AvgIpc) is 3.10. The minimum absolute atomic E-state index is 0.0974. The molecule has 0 spiro atoms. The Balaban J connectivity index is 1.56. The Kier molecular flexibility index (Phi) is 2.80. The topological polar surface area (TPSA) is 61.9 Å². The van der Waals surface area contributed by atoms with Crippen molar-refractivity contribution in [3.05, 3.63) is 47.0 Å². The summed E-state index contributed by atoms with van der Waals surface area (Å²) in [6, 6.07) is 8.49. The van der Waals surface area contributed by atoms with Crippen molar-refractivity contribution in [2.45, 2.75) is 37.6 Å². The molecular weight excluding hydrogens is 264 g/mol. The summed E-state index contributed by atoms with van der Waals surface area (Å²) in [5, 5.41) is 7.00. The van der Waals surface area contributed by atoms with E-state index in [2.05, 4.69) is 33.4 Å². The molecule has 21 heavy (non-hydrogen) atoms. The van der Waals surface area contributed by atoms with Crippen LogP contribution in [0.4, 0.5) is 0 Å². The Hall–Kier alpha value is -2.17. The van der Waals surface area contributed by atoms with E-state index < -0.39 is 0 Å². The molecule has 1 saturated carbocycles. The number of hydrogen-bond donors (Lipinski definition) is 1. The zero-order chi connectivity index (χ0) is 14.4. The van der Waals surface area contributed by atoms with Gasteiger partial charge in [0.15, 0.2) is 0 Å². The van der Waals surface area contributed by atoms with Gasteiger partial charge >= 0.3 is 0 Å². The van der Waals surface area contributed by atoms with Crippen LogP contribution in [0.15, 0.2) is 24.3 Å². The summed E-state index contributed by atoms with van der Waals surface area (Å²) < 4.78 is 0. The highest BCUT2D eigenvalue weighted by molar-refractivity contribution is 5.90. The quantitative estimate of drug-likeness (QED) is 0.940. The molecule has 1 atom stereocenters. The molecule has 2 aliphatic carbocycles. The SMILES string of the molecule is CN(C(=O)c1n[nH]c(C2CC2)n1)C1CCc2ccccc21. The summed E-state index contributed by atoms with van der Waals surface area (Å²) >= 11 is 0. The van der Waals surface area contributed by atoms with Crippen molar-refractivity contribution < 1.29 is 4.79 Å². The summed E-state index contributed by atoms with van der Waals surface area (Å²) in [6.07, 6.45) is 4.30. The van der Waals surface area contributed by atoms with Crippen LogP contribution in [0.25, 0.3) is 0 Å². The minimum Gasteiger partial charge on any atom is -0.332 e. The highest BCUT2D eigenvalue weighted by atomic mass is 16.2. The number of benzene rings is 1. The Labute approximate surface area is 123 Å². The second kappa shape index (κ2) is 4.69. The van der Waals surface area contributed by atoms with Crippen molar-refractivity contribution in [2.24, 2.45) is 0 Å². The molecule has 1 amide bonds. The van der Waals surface area contributed by atoms with Gasteiger partial charge in [-0.25, -0.2) is 4.98 Å². The summed E-state index contributed by atoms with van der Waals surface area (Å²) in [6.45, 7) is 0. The highest BCUT2D eigenvalue weighted by Crippen LogP contribution is 2.38. The molecule has 2 aromatic rings. The van der Waals surface area contributed by atoms with Crippen molar-refractivity contribution in [3.63, 3.8) is 0 Å². The zero-order valence-electron chi connectivity index (χ0n) is 12.0. The first kappa shape index (κ1) is 12.6. The smallest absolute Gasteiger partial charge is 0.293 e. The maximum absolute atomic E-state index is 12.6. The molecule has 1 aromatic carbocycles. The first-order chi connectivity index (χ1) is 10.2. The predicted octanol–water partition coefficient (Wildman–Crippen LogP) is 2.44. The molecule has 108 valence electrons. The molecule has 0 aliphatic heterocycles. The summed E-state index contributed by atoms with van der Waals surface area (Å²) in [4.78, 5) is 18.7. The maximum Gasteiger partial charge on any atom is 0.293 e. The summed E-state index contributed by atoms with van der Waals surface area (Å²) in [7, 11) is 1.85. The molecule has 1 heterocycles. The van der Waals surface area contributed by atoms with Gasteiger partial charge in [-0.3, -0.25) is 9.89 Å². The molecule has 5 nitrogen and oxygen atoms in total. The summed E-state index contributed by atoms with van der Waals surface area (Å²) in [5.74, 6) is 1.54. The van der Waals surface area contributed by atoms with Crippen LogP contribution in [-0.4, -0.2) is 33.0 Å². The van der Waals surface area contributed by atoms with E-state index in [1.807, 2.05) is 13.1 Å². The monoisotopic (exact) mass is 282 g/mol. The van der Waals surface area contributed by atoms with Gasteiger partial charge in [0.25, 0.3) is 5.91 Å².